The molecule has 0 radical (unpaired) electrons. The lowest BCUT2D eigenvalue weighted by atomic mass is 9.84. The van der Waals surface area contributed by atoms with E-state index in [1.54, 1.807) is 25.8 Å². The van der Waals surface area contributed by atoms with E-state index in [1.807, 2.05) is 18.2 Å². The Labute approximate surface area is 204 Å². The number of unbranched alkanes of at least 4 members (excludes halogenated alkanes) is 2. The van der Waals surface area contributed by atoms with Crippen LogP contribution in [0.5, 0.6) is 5.75 Å². The highest BCUT2D eigenvalue weighted by Crippen LogP contribution is 2.37. The summed E-state index contributed by atoms with van der Waals surface area (Å²) in [5.41, 5.74) is 3.60. The van der Waals surface area contributed by atoms with Crippen LogP contribution in [0.4, 0.5) is 5.69 Å². The predicted octanol–water partition coefficient (Wildman–Crippen LogP) is 7.46. The smallest absolute Gasteiger partial charge is 0.224 e. The second-order valence-electron chi connectivity index (χ2n) is 9.78. The van der Waals surface area contributed by atoms with Crippen molar-refractivity contribution in [2.45, 2.75) is 89.1 Å². The number of aliphatic hydroxyl groups is 1. The van der Waals surface area contributed by atoms with Gasteiger partial charge in [-0.3, -0.25) is 4.79 Å². The molecule has 0 heterocycles. The van der Waals surface area contributed by atoms with E-state index in [9.17, 15) is 9.90 Å². The average molecular weight is 472 g/mol. The normalized spacial score (nSPS) is 13.5. The summed E-state index contributed by atoms with van der Waals surface area (Å²) in [6.07, 6.45) is 6.16. The van der Waals surface area contributed by atoms with Crippen LogP contribution in [-0.4, -0.2) is 24.4 Å². The largest absolute Gasteiger partial charge is 0.496 e. The molecule has 0 aromatic heterocycles. The van der Waals surface area contributed by atoms with E-state index in [0.717, 1.165) is 58.7 Å². The molecule has 0 aliphatic heterocycles. The second-order valence-corrected chi connectivity index (χ2v) is 10.7. The van der Waals surface area contributed by atoms with Gasteiger partial charge in [0.25, 0.3) is 0 Å². The molecule has 2 aromatic rings. The minimum Gasteiger partial charge on any atom is -0.496 e. The van der Waals surface area contributed by atoms with Crippen LogP contribution in [0.3, 0.4) is 0 Å². The summed E-state index contributed by atoms with van der Waals surface area (Å²) in [4.78, 5) is 14.4. The zero-order valence-corrected chi connectivity index (χ0v) is 22.1. The molecular weight excluding hydrogens is 430 g/mol. The summed E-state index contributed by atoms with van der Waals surface area (Å²) in [7, 11) is 1.70. The summed E-state index contributed by atoms with van der Waals surface area (Å²) in [5, 5.41) is 13.2. The molecule has 2 rings (SSSR count). The van der Waals surface area contributed by atoms with E-state index in [4.69, 9.17) is 4.74 Å². The van der Waals surface area contributed by atoms with Crippen molar-refractivity contribution in [1.29, 1.82) is 0 Å². The van der Waals surface area contributed by atoms with Crippen molar-refractivity contribution in [3.63, 3.8) is 0 Å². The second kappa shape index (κ2) is 12.5. The van der Waals surface area contributed by atoms with E-state index >= 15 is 0 Å². The fourth-order valence-corrected chi connectivity index (χ4v) is 4.60. The summed E-state index contributed by atoms with van der Waals surface area (Å²) in [6, 6.07) is 12.1. The fourth-order valence-electron chi connectivity index (χ4n) is 4.17. The van der Waals surface area contributed by atoms with E-state index in [0.29, 0.717) is 6.42 Å². The van der Waals surface area contributed by atoms with Crippen LogP contribution in [0.15, 0.2) is 41.3 Å². The van der Waals surface area contributed by atoms with Gasteiger partial charge in [-0.25, -0.2) is 0 Å². The molecule has 2 unspecified atom stereocenters. The lowest BCUT2D eigenvalue weighted by Gasteiger charge is -2.25. The van der Waals surface area contributed by atoms with Gasteiger partial charge >= 0.3 is 0 Å². The van der Waals surface area contributed by atoms with E-state index in [-0.39, 0.29) is 17.2 Å². The minimum absolute atomic E-state index is 0.0132. The summed E-state index contributed by atoms with van der Waals surface area (Å²) in [5.74, 6) is 0.920. The Morgan fingerprint density at radius 3 is 2.45 bits per heavy atom. The minimum atomic E-state index is -0.587. The first-order valence-electron chi connectivity index (χ1n) is 11.9. The van der Waals surface area contributed by atoms with Gasteiger partial charge in [-0.05, 0) is 65.8 Å². The standard InChI is InChI=1S/C28H41NO3S/c1-8-9-10-11-21(23-14-13-22(33-7)18-26(23)32-6)17-27(31)29-25-16-20(19(2)30)12-15-24(25)28(3,4)5/h12-16,18-19,21,30H,8-11,17H2,1-7H3,(H,29,31). The van der Waals surface area contributed by atoms with Crippen LogP contribution >= 0.6 is 11.8 Å². The molecule has 182 valence electrons. The van der Waals surface area contributed by atoms with E-state index in [2.05, 4.69) is 57.5 Å². The zero-order valence-electron chi connectivity index (χ0n) is 21.3. The molecule has 0 saturated carbocycles. The highest BCUT2D eigenvalue weighted by atomic mass is 32.2. The first kappa shape index (κ1) is 27.3. The molecule has 0 bridgehead atoms. The quantitative estimate of drug-likeness (QED) is 0.264. The third-order valence-electron chi connectivity index (χ3n) is 6.08. The van der Waals surface area contributed by atoms with Crippen molar-refractivity contribution in [2.75, 3.05) is 18.7 Å². The number of methoxy groups -OCH3 is 1. The molecule has 1 amide bonds. The molecule has 33 heavy (non-hydrogen) atoms. The number of hydrogen-bond acceptors (Lipinski definition) is 4. The van der Waals surface area contributed by atoms with Gasteiger partial charge in [0, 0.05) is 17.0 Å². The Hall–Kier alpha value is -1.98. The van der Waals surface area contributed by atoms with Crippen molar-refractivity contribution in [2.24, 2.45) is 0 Å². The first-order chi connectivity index (χ1) is 15.6. The maximum atomic E-state index is 13.3. The first-order valence-corrected chi connectivity index (χ1v) is 13.2. The Kier molecular flexibility index (Phi) is 10.3. The summed E-state index contributed by atoms with van der Waals surface area (Å²) < 4.78 is 5.71. The average Bonchev–Trinajstić information content (AvgIpc) is 2.77. The molecule has 2 N–H and O–H groups in total. The lowest BCUT2D eigenvalue weighted by molar-refractivity contribution is -0.116. The van der Waals surface area contributed by atoms with Crippen molar-refractivity contribution in [1.82, 2.24) is 0 Å². The number of aliphatic hydroxyl groups excluding tert-OH is 1. The van der Waals surface area contributed by atoms with Crippen LogP contribution in [0.1, 0.15) is 95.4 Å². The van der Waals surface area contributed by atoms with Crippen LogP contribution in [0.25, 0.3) is 0 Å². The number of thioether (sulfide) groups is 1. The van der Waals surface area contributed by atoms with Gasteiger partial charge in [-0.2, -0.15) is 0 Å². The number of carbonyl (C=O) groups excluding carboxylic acids is 1. The van der Waals surface area contributed by atoms with Crippen LogP contribution in [0.2, 0.25) is 0 Å². The molecule has 0 fully saturated rings. The molecule has 0 spiro atoms. The van der Waals surface area contributed by atoms with E-state index < -0.39 is 6.10 Å². The van der Waals surface area contributed by atoms with Gasteiger partial charge in [0.1, 0.15) is 5.75 Å². The maximum Gasteiger partial charge on any atom is 0.224 e. The monoisotopic (exact) mass is 471 g/mol. The molecule has 2 atom stereocenters. The molecule has 0 aliphatic rings. The highest BCUT2D eigenvalue weighted by Gasteiger charge is 2.23. The van der Waals surface area contributed by atoms with Crippen LogP contribution < -0.4 is 10.1 Å². The van der Waals surface area contributed by atoms with Gasteiger partial charge in [0.15, 0.2) is 0 Å². The Morgan fingerprint density at radius 1 is 1.15 bits per heavy atom. The number of amides is 1. The van der Waals surface area contributed by atoms with Crippen molar-refractivity contribution >= 4 is 23.4 Å². The van der Waals surface area contributed by atoms with Gasteiger partial charge < -0.3 is 15.2 Å². The third-order valence-corrected chi connectivity index (χ3v) is 6.80. The molecular formula is C28H41NO3S. The zero-order chi connectivity index (χ0) is 24.6. The Balaban J connectivity index is 2.33. The number of anilines is 1. The SMILES string of the molecule is CCCCCC(CC(=O)Nc1cc(C(C)O)ccc1C(C)(C)C)c1ccc(SC)cc1OC. The molecule has 4 nitrogen and oxygen atoms in total. The fraction of sp³-hybridized carbons (Fsp3) is 0.536. The van der Waals surface area contributed by atoms with Crippen LogP contribution in [-0.2, 0) is 10.2 Å². The van der Waals surface area contributed by atoms with Crippen molar-refractivity contribution in [3.8, 4) is 5.75 Å². The molecule has 5 heteroatoms. The van der Waals surface area contributed by atoms with Crippen molar-refractivity contribution in [3.05, 3.63) is 53.1 Å². The van der Waals surface area contributed by atoms with E-state index in [1.165, 1.54) is 0 Å². The van der Waals surface area contributed by atoms with Crippen LogP contribution in [0, 0.1) is 0 Å². The van der Waals surface area contributed by atoms with Gasteiger partial charge in [-0.15, -0.1) is 11.8 Å². The number of hydrogen-bond donors (Lipinski definition) is 2. The molecule has 0 saturated heterocycles. The maximum absolute atomic E-state index is 13.3. The summed E-state index contributed by atoms with van der Waals surface area (Å²) in [6.45, 7) is 10.3. The Morgan fingerprint density at radius 2 is 1.88 bits per heavy atom. The summed E-state index contributed by atoms with van der Waals surface area (Å²) >= 11 is 1.68. The van der Waals surface area contributed by atoms with Gasteiger partial charge in [0.05, 0.1) is 13.2 Å². The number of carbonyl (C=O) groups is 1. The number of nitrogens with one attached hydrogen (secondary N) is 1. The van der Waals surface area contributed by atoms with Gasteiger partial charge in [-0.1, -0.05) is 65.2 Å². The highest BCUT2D eigenvalue weighted by molar-refractivity contribution is 7.98. The number of ether oxygens (including phenoxy) is 1. The topological polar surface area (TPSA) is 58.6 Å². The molecule has 0 aliphatic carbocycles. The number of benzene rings is 2. The Bertz CT molecular complexity index is 918. The lowest BCUT2D eigenvalue weighted by Crippen LogP contribution is -2.21. The van der Waals surface area contributed by atoms with Crippen molar-refractivity contribution < 1.29 is 14.6 Å². The van der Waals surface area contributed by atoms with Gasteiger partial charge in [0.2, 0.25) is 5.91 Å². The third kappa shape index (κ3) is 7.79. The molecule has 2 aromatic carbocycles. The number of rotatable bonds is 11. The predicted molar refractivity (Wildman–Crippen MR) is 141 cm³/mol.